The molecule has 0 aliphatic carbocycles. The molecule has 0 bridgehead atoms. The maximum absolute atomic E-state index is 12.7. The highest BCUT2D eigenvalue weighted by Gasteiger charge is 2.26. The predicted molar refractivity (Wildman–Crippen MR) is 115 cm³/mol. The second-order valence-electron chi connectivity index (χ2n) is 6.43. The van der Waals surface area contributed by atoms with Gasteiger partial charge in [0.05, 0.1) is 17.9 Å². The lowest BCUT2D eigenvalue weighted by atomic mass is 10.0. The van der Waals surface area contributed by atoms with E-state index in [1.807, 2.05) is 48.5 Å². The predicted octanol–water partition coefficient (Wildman–Crippen LogP) is 2.47. The Balaban J connectivity index is 1.56. The zero-order chi connectivity index (χ0) is 20.9. The van der Waals surface area contributed by atoms with Gasteiger partial charge in [0.1, 0.15) is 17.3 Å². The molecule has 3 N–H and O–H groups in total. The van der Waals surface area contributed by atoms with Gasteiger partial charge in [-0.1, -0.05) is 60.1 Å². The second-order valence-corrected chi connectivity index (χ2v) is 6.82. The molecular formula is C21H17ClN6O2. The van der Waals surface area contributed by atoms with Gasteiger partial charge in [0, 0.05) is 17.2 Å². The quantitative estimate of drug-likeness (QED) is 0.549. The third-order valence-electron chi connectivity index (χ3n) is 4.36. The largest absolute Gasteiger partial charge is 0.361 e. The van der Waals surface area contributed by atoms with Crippen molar-refractivity contribution in [2.75, 3.05) is 17.2 Å². The van der Waals surface area contributed by atoms with Crippen LogP contribution in [0, 0.1) is 0 Å². The maximum Gasteiger partial charge on any atom is 0.269 e. The SMILES string of the molecule is O=C(CNc1cc(Cl)ncn1)N[C@H]1N=C(c2ccccc2)c2ccccc2NC1=O. The summed E-state index contributed by atoms with van der Waals surface area (Å²) in [5.74, 6) is -0.449. The molecule has 8 nitrogen and oxygen atoms in total. The van der Waals surface area contributed by atoms with Crippen molar-refractivity contribution in [3.8, 4) is 0 Å². The van der Waals surface area contributed by atoms with E-state index in [1.54, 1.807) is 6.07 Å². The average molecular weight is 421 g/mol. The fourth-order valence-corrected chi connectivity index (χ4v) is 3.13. The van der Waals surface area contributed by atoms with Crippen molar-refractivity contribution in [3.63, 3.8) is 0 Å². The molecule has 1 aliphatic rings. The summed E-state index contributed by atoms with van der Waals surface area (Å²) in [5.41, 5.74) is 2.87. The molecule has 30 heavy (non-hydrogen) atoms. The molecule has 1 aromatic heterocycles. The van der Waals surface area contributed by atoms with Gasteiger partial charge in [0.25, 0.3) is 5.91 Å². The van der Waals surface area contributed by atoms with Crippen LogP contribution in [-0.4, -0.2) is 40.2 Å². The van der Waals surface area contributed by atoms with Crippen LogP contribution in [0.25, 0.3) is 0 Å². The number of amides is 2. The van der Waals surface area contributed by atoms with Crippen LogP contribution in [0.4, 0.5) is 11.5 Å². The van der Waals surface area contributed by atoms with Gasteiger partial charge in [-0.3, -0.25) is 9.59 Å². The number of carbonyl (C=O) groups is 2. The number of hydrogen-bond donors (Lipinski definition) is 3. The molecule has 2 heterocycles. The number of benzodiazepines with no additional fused rings is 1. The Labute approximate surface area is 177 Å². The Bertz CT molecular complexity index is 1120. The lowest BCUT2D eigenvalue weighted by molar-refractivity contribution is -0.125. The van der Waals surface area contributed by atoms with Crippen LogP contribution in [0.2, 0.25) is 5.15 Å². The first kappa shape index (κ1) is 19.5. The van der Waals surface area contributed by atoms with Gasteiger partial charge in [0.15, 0.2) is 0 Å². The van der Waals surface area contributed by atoms with E-state index in [-0.39, 0.29) is 11.7 Å². The molecule has 0 fully saturated rings. The molecule has 1 aliphatic heterocycles. The number of aliphatic imine (C=N–C) groups is 1. The average Bonchev–Trinajstić information content (AvgIpc) is 2.89. The number of fused-ring (bicyclic) bond motifs is 1. The normalized spacial score (nSPS) is 15.3. The molecule has 2 amide bonds. The van der Waals surface area contributed by atoms with E-state index in [1.165, 1.54) is 12.4 Å². The van der Waals surface area contributed by atoms with Crippen LogP contribution >= 0.6 is 11.6 Å². The summed E-state index contributed by atoms with van der Waals surface area (Å²) in [6, 6.07) is 18.4. The molecule has 0 radical (unpaired) electrons. The number of nitrogens with one attached hydrogen (secondary N) is 3. The summed E-state index contributed by atoms with van der Waals surface area (Å²) in [4.78, 5) is 37.5. The van der Waals surface area contributed by atoms with Crippen molar-refractivity contribution in [1.29, 1.82) is 0 Å². The Kier molecular flexibility index (Phi) is 5.67. The van der Waals surface area contributed by atoms with Gasteiger partial charge < -0.3 is 16.0 Å². The minimum Gasteiger partial charge on any atom is -0.361 e. The van der Waals surface area contributed by atoms with Gasteiger partial charge >= 0.3 is 0 Å². The Morgan fingerprint density at radius 3 is 2.63 bits per heavy atom. The van der Waals surface area contributed by atoms with E-state index in [2.05, 4.69) is 30.9 Å². The van der Waals surface area contributed by atoms with Crippen molar-refractivity contribution >= 4 is 40.6 Å². The summed E-state index contributed by atoms with van der Waals surface area (Å²) >= 11 is 5.81. The molecule has 0 saturated heterocycles. The number of nitrogens with zero attached hydrogens (tertiary/aromatic N) is 3. The van der Waals surface area contributed by atoms with Crippen molar-refractivity contribution in [2.45, 2.75) is 6.17 Å². The summed E-state index contributed by atoms with van der Waals surface area (Å²) < 4.78 is 0. The first-order chi connectivity index (χ1) is 14.6. The van der Waals surface area contributed by atoms with Crippen LogP contribution < -0.4 is 16.0 Å². The number of benzene rings is 2. The Morgan fingerprint density at radius 2 is 1.83 bits per heavy atom. The molecule has 2 aromatic carbocycles. The maximum atomic E-state index is 12.7. The van der Waals surface area contributed by atoms with Crippen molar-refractivity contribution in [2.24, 2.45) is 4.99 Å². The van der Waals surface area contributed by atoms with Gasteiger partial charge in [-0.25, -0.2) is 15.0 Å². The van der Waals surface area contributed by atoms with Crippen LogP contribution in [0.15, 0.2) is 72.0 Å². The summed E-state index contributed by atoms with van der Waals surface area (Å²) in [7, 11) is 0. The van der Waals surface area contributed by atoms with Gasteiger partial charge in [-0.2, -0.15) is 0 Å². The van der Waals surface area contributed by atoms with Crippen molar-refractivity contribution in [3.05, 3.63) is 83.3 Å². The number of aromatic nitrogens is 2. The lowest BCUT2D eigenvalue weighted by Crippen LogP contribution is -2.44. The fraction of sp³-hybridized carbons (Fsp3) is 0.0952. The highest BCUT2D eigenvalue weighted by Crippen LogP contribution is 2.23. The van der Waals surface area contributed by atoms with Gasteiger partial charge in [0.2, 0.25) is 12.1 Å². The third-order valence-corrected chi connectivity index (χ3v) is 4.56. The molecule has 3 aromatic rings. The number of halogens is 1. The minimum atomic E-state index is -1.09. The monoisotopic (exact) mass is 420 g/mol. The standard InChI is InChI=1S/C21H17ClN6O2/c22-16-10-17(25-12-24-16)23-11-18(29)27-20-21(30)26-15-9-5-4-8-14(15)19(28-20)13-6-2-1-3-7-13/h1-10,12,20H,11H2,(H,26,30)(H,27,29)(H,23,24,25)/t20-/m0/s1. The molecule has 0 unspecified atom stereocenters. The molecule has 4 rings (SSSR count). The second kappa shape index (κ2) is 8.71. The van der Waals surface area contributed by atoms with E-state index in [0.717, 1.165) is 11.1 Å². The Morgan fingerprint density at radius 1 is 1.07 bits per heavy atom. The van der Waals surface area contributed by atoms with Crippen molar-refractivity contribution < 1.29 is 9.59 Å². The smallest absolute Gasteiger partial charge is 0.269 e. The van der Waals surface area contributed by atoms with E-state index in [0.29, 0.717) is 17.2 Å². The molecule has 1 atom stereocenters. The zero-order valence-electron chi connectivity index (χ0n) is 15.7. The molecular weight excluding hydrogens is 404 g/mol. The van der Waals surface area contributed by atoms with Gasteiger partial charge in [-0.05, 0) is 6.07 Å². The number of carbonyl (C=O) groups excluding carboxylic acids is 2. The summed E-state index contributed by atoms with van der Waals surface area (Å²) in [5, 5.41) is 8.58. The third kappa shape index (κ3) is 4.44. The highest BCUT2D eigenvalue weighted by molar-refractivity contribution is 6.29. The lowest BCUT2D eigenvalue weighted by Gasteiger charge is -2.14. The van der Waals surface area contributed by atoms with Crippen LogP contribution in [0.3, 0.4) is 0 Å². The Hall–Kier alpha value is -3.78. The topological polar surface area (TPSA) is 108 Å². The van der Waals surface area contributed by atoms with E-state index < -0.39 is 18.0 Å². The number of hydrogen-bond acceptors (Lipinski definition) is 6. The zero-order valence-corrected chi connectivity index (χ0v) is 16.4. The summed E-state index contributed by atoms with van der Waals surface area (Å²) in [6.45, 7) is -0.111. The van der Waals surface area contributed by atoms with E-state index in [9.17, 15) is 9.59 Å². The van der Waals surface area contributed by atoms with Crippen LogP contribution in [-0.2, 0) is 9.59 Å². The number of para-hydroxylation sites is 1. The fourth-order valence-electron chi connectivity index (χ4n) is 2.99. The highest BCUT2D eigenvalue weighted by atomic mass is 35.5. The number of rotatable bonds is 5. The number of anilines is 2. The van der Waals surface area contributed by atoms with Crippen molar-refractivity contribution in [1.82, 2.24) is 15.3 Å². The minimum absolute atomic E-state index is 0.111. The van der Waals surface area contributed by atoms with Gasteiger partial charge in [-0.15, -0.1) is 0 Å². The van der Waals surface area contributed by atoms with E-state index in [4.69, 9.17) is 11.6 Å². The summed E-state index contributed by atoms with van der Waals surface area (Å²) in [6.07, 6.45) is 0.200. The molecule has 150 valence electrons. The van der Waals surface area contributed by atoms with E-state index >= 15 is 0 Å². The molecule has 0 saturated carbocycles. The van der Waals surface area contributed by atoms with Crippen LogP contribution in [0.5, 0.6) is 0 Å². The molecule has 9 heteroatoms. The van der Waals surface area contributed by atoms with Crippen LogP contribution in [0.1, 0.15) is 11.1 Å². The molecule has 0 spiro atoms. The first-order valence-electron chi connectivity index (χ1n) is 9.14. The first-order valence-corrected chi connectivity index (χ1v) is 9.52.